The van der Waals surface area contributed by atoms with Crippen LogP contribution in [0.25, 0.3) is 16.6 Å². The first kappa shape index (κ1) is 19.1. The van der Waals surface area contributed by atoms with Crippen LogP contribution in [0.3, 0.4) is 0 Å². The molecule has 2 heterocycles. The molecular formula is C17H11Cl2FN4O2S2. The summed E-state index contributed by atoms with van der Waals surface area (Å²) in [6.07, 6.45) is 0. The maximum Gasteiger partial charge on any atom is 0.266 e. The molecule has 0 aliphatic carbocycles. The van der Waals surface area contributed by atoms with E-state index in [0.29, 0.717) is 16.2 Å². The molecule has 11 heteroatoms. The number of sulfonamides is 1. The molecule has 4 rings (SSSR count). The van der Waals surface area contributed by atoms with E-state index in [2.05, 4.69) is 14.8 Å². The molecule has 0 radical (unpaired) electrons. The predicted octanol–water partition coefficient (Wildman–Crippen LogP) is 5.04. The summed E-state index contributed by atoms with van der Waals surface area (Å²) in [6, 6.07) is 7.26. The van der Waals surface area contributed by atoms with Gasteiger partial charge in [-0.05, 0) is 31.2 Å². The number of hydrogen-bond acceptors (Lipinski definition) is 5. The van der Waals surface area contributed by atoms with Crippen LogP contribution in [0.15, 0.2) is 46.1 Å². The van der Waals surface area contributed by atoms with E-state index in [1.54, 1.807) is 25.1 Å². The lowest BCUT2D eigenvalue weighted by molar-refractivity contribution is 0.569. The van der Waals surface area contributed by atoms with Crippen LogP contribution in [0, 0.1) is 12.7 Å². The van der Waals surface area contributed by atoms with Crippen molar-refractivity contribution in [3.05, 3.63) is 62.8 Å². The summed E-state index contributed by atoms with van der Waals surface area (Å²) >= 11 is 13.5. The molecule has 0 saturated heterocycles. The van der Waals surface area contributed by atoms with Crippen molar-refractivity contribution in [3.8, 4) is 5.69 Å². The first-order chi connectivity index (χ1) is 13.3. The van der Waals surface area contributed by atoms with Gasteiger partial charge >= 0.3 is 0 Å². The zero-order chi connectivity index (χ0) is 20.1. The minimum atomic E-state index is -4.19. The highest BCUT2D eigenvalue weighted by Gasteiger charge is 2.23. The molecule has 2 aromatic carbocycles. The summed E-state index contributed by atoms with van der Waals surface area (Å²) in [5, 5.41) is 7.24. The van der Waals surface area contributed by atoms with Crippen molar-refractivity contribution in [1.82, 2.24) is 14.8 Å². The van der Waals surface area contributed by atoms with E-state index in [9.17, 15) is 12.8 Å². The second kappa shape index (κ2) is 7.00. The van der Waals surface area contributed by atoms with Crippen molar-refractivity contribution >= 4 is 61.3 Å². The molecule has 0 atom stereocenters. The normalized spacial score (nSPS) is 11.9. The van der Waals surface area contributed by atoms with Crippen molar-refractivity contribution in [1.29, 1.82) is 0 Å². The summed E-state index contributed by atoms with van der Waals surface area (Å²) < 4.78 is 43.4. The third-order valence-electron chi connectivity index (χ3n) is 4.02. The van der Waals surface area contributed by atoms with Gasteiger partial charge in [-0.2, -0.15) is 5.10 Å². The molecule has 0 spiro atoms. The molecule has 28 heavy (non-hydrogen) atoms. The van der Waals surface area contributed by atoms with Gasteiger partial charge in [0.15, 0.2) is 5.82 Å². The van der Waals surface area contributed by atoms with Crippen LogP contribution in [-0.2, 0) is 10.0 Å². The maximum absolute atomic E-state index is 14.8. The van der Waals surface area contributed by atoms with Gasteiger partial charge < -0.3 is 0 Å². The number of aryl methyl sites for hydroxylation is 1. The average Bonchev–Trinajstić information content (AvgIpc) is 3.24. The zero-order valence-electron chi connectivity index (χ0n) is 14.1. The number of rotatable bonds is 4. The monoisotopic (exact) mass is 456 g/mol. The number of thiazole rings is 1. The molecule has 2 aromatic heterocycles. The Labute approximate surface area is 173 Å². The average molecular weight is 457 g/mol. The first-order valence-corrected chi connectivity index (χ1v) is 11.0. The molecule has 0 saturated carbocycles. The van der Waals surface area contributed by atoms with Gasteiger partial charge in [-0.3, -0.25) is 4.72 Å². The summed E-state index contributed by atoms with van der Waals surface area (Å²) in [5.41, 5.74) is 3.02. The third kappa shape index (κ3) is 3.35. The quantitative estimate of drug-likeness (QED) is 0.466. The highest BCUT2D eigenvalue weighted by atomic mass is 35.5. The van der Waals surface area contributed by atoms with Crippen molar-refractivity contribution < 1.29 is 12.8 Å². The zero-order valence-corrected chi connectivity index (χ0v) is 17.3. The number of aromatic nitrogens is 3. The minimum absolute atomic E-state index is 0.0272. The van der Waals surface area contributed by atoms with E-state index < -0.39 is 20.7 Å². The Balaban J connectivity index is 1.83. The molecule has 0 unspecified atom stereocenters. The van der Waals surface area contributed by atoms with E-state index in [-0.39, 0.29) is 16.5 Å². The van der Waals surface area contributed by atoms with E-state index >= 15 is 0 Å². The van der Waals surface area contributed by atoms with E-state index in [0.717, 1.165) is 17.5 Å². The van der Waals surface area contributed by atoms with Gasteiger partial charge in [0.05, 0.1) is 27.4 Å². The van der Waals surface area contributed by atoms with E-state index in [1.807, 2.05) is 0 Å². The van der Waals surface area contributed by atoms with Gasteiger partial charge in [-0.1, -0.05) is 23.2 Å². The number of nitrogens with zero attached hydrogens (tertiary/aromatic N) is 3. The Morgan fingerprint density at radius 2 is 2.00 bits per heavy atom. The van der Waals surface area contributed by atoms with Crippen LogP contribution in [0.5, 0.6) is 0 Å². The molecule has 0 fully saturated rings. The van der Waals surface area contributed by atoms with Gasteiger partial charge in [0.25, 0.3) is 10.0 Å². The first-order valence-electron chi connectivity index (χ1n) is 7.81. The molecular weight excluding hydrogens is 446 g/mol. The van der Waals surface area contributed by atoms with Gasteiger partial charge in [0.2, 0.25) is 0 Å². The van der Waals surface area contributed by atoms with Crippen LogP contribution in [-0.4, -0.2) is 23.2 Å². The molecule has 0 aliphatic heterocycles. The number of anilines is 1. The fourth-order valence-corrected chi connectivity index (χ4v) is 4.89. The van der Waals surface area contributed by atoms with E-state index in [4.69, 9.17) is 23.2 Å². The lowest BCUT2D eigenvalue weighted by atomic mass is 10.2. The topological polar surface area (TPSA) is 76.9 Å². The Bertz CT molecular complexity index is 1300. The summed E-state index contributed by atoms with van der Waals surface area (Å²) in [7, 11) is -4.19. The Hall–Kier alpha value is -2.20. The Kier molecular flexibility index (Phi) is 4.78. The van der Waals surface area contributed by atoms with Crippen molar-refractivity contribution in [3.63, 3.8) is 0 Å². The smallest absolute Gasteiger partial charge is 0.263 e. The molecule has 0 amide bonds. The SMILES string of the molecule is Cc1nn(-c2cc(F)c(S(=O)(=O)Nc3cscn3)cc2Cl)c2ccc(Cl)cc12. The molecule has 6 nitrogen and oxygen atoms in total. The highest BCUT2D eigenvalue weighted by molar-refractivity contribution is 7.92. The molecule has 1 N–H and O–H groups in total. The standard InChI is InChI=1S/C17H11Cl2FN4O2S2/c1-9-11-4-10(18)2-3-14(11)24(22-9)15-6-13(20)16(5-12(15)19)28(25,26)23-17-7-27-8-21-17/h2-8,23H,1H3. The largest absolute Gasteiger partial charge is 0.266 e. The number of benzene rings is 2. The highest BCUT2D eigenvalue weighted by Crippen LogP contribution is 2.31. The van der Waals surface area contributed by atoms with Crippen molar-refractivity contribution in [2.75, 3.05) is 4.72 Å². The predicted molar refractivity (Wildman–Crippen MR) is 109 cm³/mol. The van der Waals surface area contributed by atoms with Crippen LogP contribution in [0.4, 0.5) is 10.2 Å². The van der Waals surface area contributed by atoms with Crippen LogP contribution >= 0.6 is 34.5 Å². The van der Waals surface area contributed by atoms with E-state index in [1.165, 1.54) is 26.9 Å². The fraction of sp³-hybridized carbons (Fsp3) is 0.0588. The number of hydrogen-bond donors (Lipinski definition) is 1. The van der Waals surface area contributed by atoms with Crippen LogP contribution in [0.2, 0.25) is 10.0 Å². The lowest BCUT2D eigenvalue weighted by Crippen LogP contribution is -2.15. The second-order valence-electron chi connectivity index (χ2n) is 5.87. The summed E-state index contributed by atoms with van der Waals surface area (Å²) in [6.45, 7) is 1.79. The van der Waals surface area contributed by atoms with Crippen molar-refractivity contribution in [2.24, 2.45) is 0 Å². The lowest BCUT2D eigenvalue weighted by Gasteiger charge is -2.11. The second-order valence-corrected chi connectivity index (χ2v) is 9.09. The number of halogens is 3. The Morgan fingerprint density at radius 1 is 1.21 bits per heavy atom. The van der Waals surface area contributed by atoms with Crippen LogP contribution < -0.4 is 4.72 Å². The van der Waals surface area contributed by atoms with Crippen molar-refractivity contribution in [2.45, 2.75) is 11.8 Å². The van der Waals surface area contributed by atoms with Gasteiger partial charge in [-0.25, -0.2) is 22.5 Å². The molecule has 0 bridgehead atoms. The number of fused-ring (bicyclic) bond motifs is 1. The van der Waals surface area contributed by atoms with Gasteiger partial charge in [0, 0.05) is 21.9 Å². The van der Waals surface area contributed by atoms with Gasteiger partial charge in [-0.15, -0.1) is 11.3 Å². The Morgan fingerprint density at radius 3 is 2.71 bits per heavy atom. The number of nitrogens with one attached hydrogen (secondary N) is 1. The summed E-state index contributed by atoms with van der Waals surface area (Å²) in [4.78, 5) is 3.26. The maximum atomic E-state index is 14.8. The summed E-state index contributed by atoms with van der Waals surface area (Å²) in [5.74, 6) is -0.854. The third-order valence-corrected chi connectivity index (χ3v) is 6.51. The fourth-order valence-electron chi connectivity index (χ4n) is 2.77. The molecule has 0 aliphatic rings. The minimum Gasteiger partial charge on any atom is -0.263 e. The molecule has 144 valence electrons. The van der Waals surface area contributed by atoms with Gasteiger partial charge in [0.1, 0.15) is 10.7 Å². The van der Waals surface area contributed by atoms with Crippen LogP contribution in [0.1, 0.15) is 5.69 Å². The molecule has 4 aromatic rings.